The topological polar surface area (TPSA) is 56.9 Å². The molecule has 0 aliphatic heterocycles. The van der Waals surface area contributed by atoms with E-state index in [4.69, 9.17) is 15.4 Å². The van der Waals surface area contributed by atoms with Crippen LogP contribution < -0.4 is 0 Å². The van der Waals surface area contributed by atoms with Gasteiger partial charge in [-0.3, -0.25) is 5.41 Å². The van der Waals surface area contributed by atoms with E-state index in [0.29, 0.717) is 5.56 Å². The lowest BCUT2D eigenvalue weighted by atomic mass is 10.1. The van der Waals surface area contributed by atoms with Crippen LogP contribution in [0.15, 0.2) is 18.2 Å². The summed E-state index contributed by atoms with van der Waals surface area (Å²) in [6, 6.07) is 6.00. The number of thioether (sulfide) groups is 1. The van der Waals surface area contributed by atoms with Crippen molar-refractivity contribution < 1.29 is 9.13 Å². The van der Waals surface area contributed by atoms with Crippen molar-refractivity contribution in [2.45, 2.75) is 6.61 Å². The molecule has 0 saturated carbocycles. The third kappa shape index (κ3) is 3.26. The molecule has 3 nitrogen and oxygen atoms in total. The van der Waals surface area contributed by atoms with E-state index in [0.717, 1.165) is 17.8 Å². The van der Waals surface area contributed by atoms with Gasteiger partial charge in [0.15, 0.2) is 0 Å². The quantitative estimate of drug-likeness (QED) is 0.620. The lowest BCUT2D eigenvalue weighted by molar-refractivity contribution is 0.293. The Kier molecular flexibility index (Phi) is 4.13. The number of halogens is 1. The van der Waals surface area contributed by atoms with Gasteiger partial charge in [0.2, 0.25) is 5.23 Å². The molecule has 0 aliphatic rings. The van der Waals surface area contributed by atoms with Crippen molar-refractivity contribution in [2.24, 2.45) is 0 Å². The summed E-state index contributed by atoms with van der Waals surface area (Å²) in [5, 5.41) is 15.8. The van der Waals surface area contributed by atoms with Gasteiger partial charge in [-0.25, -0.2) is 4.39 Å². The van der Waals surface area contributed by atoms with Crippen molar-refractivity contribution >= 4 is 17.0 Å². The number of nitrogens with zero attached hydrogens (tertiary/aromatic N) is 1. The minimum atomic E-state index is -0.483. The monoisotopic (exact) mass is 224 g/mol. The Morgan fingerprint density at radius 2 is 2.40 bits per heavy atom. The van der Waals surface area contributed by atoms with Crippen molar-refractivity contribution in [3.63, 3.8) is 0 Å². The molecule has 0 unspecified atom stereocenters. The summed E-state index contributed by atoms with van der Waals surface area (Å²) < 4.78 is 18.2. The zero-order chi connectivity index (χ0) is 11.3. The highest BCUT2D eigenvalue weighted by Crippen LogP contribution is 2.12. The van der Waals surface area contributed by atoms with Gasteiger partial charge in [0, 0.05) is 5.56 Å². The van der Waals surface area contributed by atoms with Gasteiger partial charge in [0.25, 0.3) is 0 Å². The first-order valence-corrected chi connectivity index (χ1v) is 5.33. The lowest BCUT2D eigenvalue weighted by Crippen LogP contribution is -2.00. The molecule has 0 aliphatic carbocycles. The number of rotatable bonds is 2. The summed E-state index contributed by atoms with van der Waals surface area (Å²) in [5.41, 5.74) is 0.615. The zero-order valence-corrected chi connectivity index (χ0v) is 8.90. The molecule has 1 aromatic rings. The molecule has 1 N–H and O–H groups in total. The first kappa shape index (κ1) is 11.5. The molecule has 0 radical (unpaired) electrons. The molecule has 0 heterocycles. The Morgan fingerprint density at radius 3 is 2.93 bits per heavy atom. The van der Waals surface area contributed by atoms with Crippen molar-refractivity contribution in [1.82, 2.24) is 0 Å². The molecule has 0 atom stereocenters. The molecule has 5 heteroatoms. The second kappa shape index (κ2) is 5.37. The standard InChI is InChI=1S/C10H9FN2OS/c1-15-10(13)14-6-8-3-2-7(5-12)4-9(8)11/h2-4,13H,6H2,1H3. The first-order chi connectivity index (χ1) is 7.17. The number of benzene rings is 1. The van der Waals surface area contributed by atoms with E-state index in [1.54, 1.807) is 6.26 Å². The fraction of sp³-hybridized carbons (Fsp3) is 0.200. The SMILES string of the molecule is CSC(=N)OCc1ccc(C#N)cc1F. The Hall–Kier alpha value is -1.54. The number of hydrogen-bond acceptors (Lipinski definition) is 4. The van der Waals surface area contributed by atoms with E-state index in [-0.39, 0.29) is 17.4 Å². The van der Waals surface area contributed by atoms with E-state index < -0.39 is 5.82 Å². The number of ether oxygens (including phenoxy) is 1. The molecular formula is C10H9FN2OS. The highest BCUT2D eigenvalue weighted by molar-refractivity contribution is 8.12. The fourth-order valence-corrected chi connectivity index (χ4v) is 1.11. The van der Waals surface area contributed by atoms with Crippen LogP contribution in [0, 0.1) is 22.6 Å². The molecule has 0 bridgehead atoms. The molecule has 1 aromatic carbocycles. The Balaban J connectivity index is 2.71. The van der Waals surface area contributed by atoms with E-state index >= 15 is 0 Å². The highest BCUT2D eigenvalue weighted by atomic mass is 32.2. The summed E-state index contributed by atoms with van der Waals surface area (Å²) in [6.45, 7) is 0.0111. The molecule has 1 rings (SSSR count). The zero-order valence-electron chi connectivity index (χ0n) is 8.08. The normalized spacial score (nSPS) is 9.40. The number of hydrogen-bond donors (Lipinski definition) is 1. The maximum absolute atomic E-state index is 13.3. The average Bonchev–Trinajstić information content (AvgIpc) is 2.26. The van der Waals surface area contributed by atoms with Crippen LogP contribution in [0.25, 0.3) is 0 Å². The van der Waals surface area contributed by atoms with Crippen molar-refractivity contribution in [3.8, 4) is 6.07 Å². The minimum absolute atomic E-state index is 0.0111. The van der Waals surface area contributed by atoms with Crippen molar-refractivity contribution in [2.75, 3.05) is 6.26 Å². The minimum Gasteiger partial charge on any atom is -0.468 e. The summed E-state index contributed by atoms with van der Waals surface area (Å²) in [5.74, 6) is -0.483. The van der Waals surface area contributed by atoms with E-state index in [1.165, 1.54) is 12.1 Å². The predicted octanol–water partition coefficient (Wildman–Crippen LogP) is 2.51. The Morgan fingerprint density at radius 1 is 1.67 bits per heavy atom. The Bertz CT molecular complexity index is 414. The van der Waals surface area contributed by atoms with Crippen molar-refractivity contribution in [3.05, 3.63) is 35.1 Å². The third-order valence-corrected chi connectivity index (χ3v) is 2.21. The van der Waals surface area contributed by atoms with Gasteiger partial charge in [-0.1, -0.05) is 17.8 Å². The molecule has 0 aromatic heterocycles. The number of nitrogens with one attached hydrogen (secondary N) is 1. The van der Waals surface area contributed by atoms with Crippen molar-refractivity contribution in [1.29, 1.82) is 10.7 Å². The van der Waals surface area contributed by atoms with Gasteiger partial charge in [-0.05, 0) is 18.4 Å². The molecule has 78 valence electrons. The van der Waals surface area contributed by atoms with Gasteiger partial charge in [0.1, 0.15) is 12.4 Å². The largest absolute Gasteiger partial charge is 0.468 e. The average molecular weight is 224 g/mol. The molecule has 0 amide bonds. The molecule has 0 saturated heterocycles. The van der Waals surface area contributed by atoms with Crippen LogP contribution >= 0.6 is 11.8 Å². The summed E-state index contributed by atoms with van der Waals surface area (Å²) in [7, 11) is 0. The van der Waals surface area contributed by atoms with Gasteiger partial charge in [-0.2, -0.15) is 5.26 Å². The maximum Gasteiger partial charge on any atom is 0.242 e. The van der Waals surface area contributed by atoms with Crippen LogP contribution in [0.4, 0.5) is 4.39 Å². The summed E-state index contributed by atoms with van der Waals surface area (Å²) in [4.78, 5) is 0. The van der Waals surface area contributed by atoms with Crippen LogP contribution in [-0.2, 0) is 11.3 Å². The van der Waals surface area contributed by atoms with E-state index in [9.17, 15) is 4.39 Å². The van der Waals surface area contributed by atoms with E-state index in [2.05, 4.69) is 0 Å². The Labute approximate surface area is 91.4 Å². The van der Waals surface area contributed by atoms with Gasteiger partial charge in [-0.15, -0.1) is 0 Å². The summed E-state index contributed by atoms with van der Waals surface area (Å²) in [6.07, 6.45) is 1.71. The molecular weight excluding hydrogens is 215 g/mol. The van der Waals surface area contributed by atoms with Crippen LogP contribution in [0.3, 0.4) is 0 Å². The van der Waals surface area contributed by atoms with E-state index in [1.807, 2.05) is 6.07 Å². The van der Waals surface area contributed by atoms with Crippen LogP contribution in [0.5, 0.6) is 0 Å². The second-order valence-corrected chi connectivity index (χ2v) is 3.48. The summed E-state index contributed by atoms with van der Waals surface area (Å²) >= 11 is 1.14. The van der Waals surface area contributed by atoms with Gasteiger partial charge in [0.05, 0.1) is 11.6 Å². The lowest BCUT2D eigenvalue weighted by Gasteiger charge is -2.05. The first-order valence-electron chi connectivity index (χ1n) is 4.11. The third-order valence-electron chi connectivity index (χ3n) is 1.73. The van der Waals surface area contributed by atoms with Gasteiger partial charge >= 0.3 is 0 Å². The van der Waals surface area contributed by atoms with Crippen LogP contribution in [0.2, 0.25) is 0 Å². The molecule has 0 fully saturated rings. The maximum atomic E-state index is 13.3. The predicted molar refractivity (Wildman–Crippen MR) is 57.1 cm³/mol. The van der Waals surface area contributed by atoms with Gasteiger partial charge < -0.3 is 4.74 Å². The second-order valence-electron chi connectivity index (χ2n) is 2.70. The highest BCUT2D eigenvalue weighted by Gasteiger charge is 2.05. The molecule has 0 spiro atoms. The van der Waals surface area contributed by atoms with Crippen LogP contribution in [-0.4, -0.2) is 11.5 Å². The smallest absolute Gasteiger partial charge is 0.242 e. The fourth-order valence-electron chi connectivity index (χ4n) is 0.936. The van der Waals surface area contributed by atoms with Crippen LogP contribution in [0.1, 0.15) is 11.1 Å². The molecule has 15 heavy (non-hydrogen) atoms. The number of nitriles is 1.